The van der Waals surface area contributed by atoms with Crippen LogP contribution in [0.25, 0.3) is 44.9 Å². The van der Waals surface area contributed by atoms with Crippen LogP contribution >= 0.6 is 0 Å². The number of carbonyl (C=O) groups is 1. The third-order valence-corrected chi connectivity index (χ3v) is 5.61. The molecule has 0 spiro atoms. The van der Waals surface area contributed by atoms with Gasteiger partial charge < -0.3 is 8.83 Å². The molecule has 3 aromatic heterocycles. The molecule has 7 heteroatoms. The number of hydrogen-bond donors (Lipinski definition) is 1. The molecule has 0 radical (unpaired) electrons. The zero-order valence-electron chi connectivity index (χ0n) is 18.4. The van der Waals surface area contributed by atoms with Crippen molar-refractivity contribution in [2.24, 2.45) is 0 Å². The number of anilines is 1. The Labute approximate surface area is 200 Å². The molecule has 0 saturated carbocycles. The molecule has 0 aliphatic rings. The molecule has 7 nitrogen and oxygen atoms in total. The van der Waals surface area contributed by atoms with Gasteiger partial charge in [0.15, 0.2) is 5.76 Å². The Morgan fingerprint density at radius 3 is 2.26 bits per heavy atom. The number of fused-ring (bicyclic) bond motifs is 1. The van der Waals surface area contributed by atoms with E-state index in [4.69, 9.17) is 13.8 Å². The Hall–Kier alpha value is -5.04. The molecule has 35 heavy (non-hydrogen) atoms. The Morgan fingerprint density at radius 1 is 0.743 bits per heavy atom. The van der Waals surface area contributed by atoms with Crippen molar-refractivity contribution < 1.29 is 13.6 Å². The molecule has 6 aromatic rings. The Bertz CT molecular complexity index is 1630. The molecule has 1 amide bonds. The van der Waals surface area contributed by atoms with Crippen LogP contribution in [-0.4, -0.2) is 21.1 Å². The number of furan rings is 1. The first-order chi connectivity index (χ1) is 17.2. The predicted octanol–water partition coefficient (Wildman–Crippen LogP) is 6.46. The minimum atomic E-state index is -0.380. The van der Waals surface area contributed by atoms with E-state index in [2.05, 4.69) is 15.5 Å². The van der Waals surface area contributed by atoms with Gasteiger partial charge in [0.25, 0.3) is 11.8 Å². The first kappa shape index (κ1) is 20.6. The molecule has 6 rings (SSSR count). The summed E-state index contributed by atoms with van der Waals surface area (Å²) < 4.78 is 10.9. The predicted molar refractivity (Wildman–Crippen MR) is 133 cm³/mol. The van der Waals surface area contributed by atoms with E-state index in [9.17, 15) is 4.79 Å². The fraction of sp³-hybridized carbons (Fsp3) is 0. The molecule has 0 fully saturated rings. The Balaban J connectivity index is 1.44. The molecular formula is C28H18N4O3. The fourth-order valence-corrected chi connectivity index (χ4v) is 3.92. The van der Waals surface area contributed by atoms with E-state index in [-0.39, 0.29) is 17.8 Å². The third-order valence-electron chi connectivity index (χ3n) is 5.61. The monoisotopic (exact) mass is 458 g/mol. The summed E-state index contributed by atoms with van der Waals surface area (Å²) in [6, 6.07) is 30.8. The van der Waals surface area contributed by atoms with Gasteiger partial charge in [0.2, 0.25) is 0 Å². The van der Waals surface area contributed by atoms with E-state index in [1.807, 2.05) is 78.9 Å². The maximum Gasteiger partial charge on any atom is 0.322 e. The number of amides is 1. The summed E-state index contributed by atoms with van der Waals surface area (Å²) in [5.74, 6) is 0.224. The van der Waals surface area contributed by atoms with Crippen molar-refractivity contribution in [2.45, 2.75) is 0 Å². The molecule has 0 aliphatic heterocycles. The van der Waals surface area contributed by atoms with Gasteiger partial charge in [0.1, 0.15) is 0 Å². The van der Waals surface area contributed by atoms with E-state index < -0.39 is 0 Å². The second-order valence-electron chi connectivity index (χ2n) is 7.86. The second-order valence-corrected chi connectivity index (χ2v) is 7.86. The zero-order chi connectivity index (χ0) is 23.6. The van der Waals surface area contributed by atoms with Crippen LogP contribution in [0, 0.1) is 0 Å². The number of aromatic nitrogens is 3. The molecule has 0 aliphatic carbocycles. The highest BCUT2D eigenvalue weighted by Crippen LogP contribution is 2.30. The van der Waals surface area contributed by atoms with E-state index in [0.717, 1.165) is 16.7 Å². The molecule has 1 N–H and O–H groups in total. The molecule has 3 heterocycles. The fourth-order valence-electron chi connectivity index (χ4n) is 3.92. The average molecular weight is 458 g/mol. The largest absolute Gasteiger partial charge is 0.459 e. The highest BCUT2D eigenvalue weighted by Gasteiger charge is 2.18. The molecule has 168 valence electrons. The van der Waals surface area contributed by atoms with Gasteiger partial charge in [0.05, 0.1) is 23.0 Å². The summed E-state index contributed by atoms with van der Waals surface area (Å²) in [6.07, 6.45) is 1.51. The first-order valence-corrected chi connectivity index (χ1v) is 11.0. The number of carbonyl (C=O) groups excluding carboxylic acids is 1. The van der Waals surface area contributed by atoms with Crippen LogP contribution in [0.4, 0.5) is 6.01 Å². The van der Waals surface area contributed by atoms with Crippen LogP contribution in [0.2, 0.25) is 0 Å². The summed E-state index contributed by atoms with van der Waals surface area (Å²) in [4.78, 5) is 18.3. The summed E-state index contributed by atoms with van der Waals surface area (Å²) in [6.45, 7) is 0. The molecular weight excluding hydrogens is 440 g/mol. The number of rotatable bonds is 5. The van der Waals surface area contributed by atoms with Gasteiger partial charge in [-0.25, -0.2) is 4.98 Å². The lowest BCUT2D eigenvalue weighted by molar-refractivity contribution is 0.102. The van der Waals surface area contributed by atoms with Crippen LogP contribution in [0.5, 0.6) is 0 Å². The smallest absolute Gasteiger partial charge is 0.322 e. The van der Waals surface area contributed by atoms with Gasteiger partial charge in [-0.1, -0.05) is 71.8 Å². The standard InChI is InChI=1S/C28H18N4O3/c33-26(30-28-32-31-27(35-28)25-12-7-15-34-25)22-17-24(19-10-5-2-6-11-19)29-23-14-13-20(16-21(22)23)18-8-3-1-4-9-18/h1-17H,(H,30,32,33). The topological polar surface area (TPSA) is 94.1 Å². The van der Waals surface area contributed by atoms with E-state index in [1.165, 1.54) is 6.26 Å². The van der Waals surface area contributed by atoms with Crippen molar-refractivity contribution in [3.05, 3.63) is 109 Å². The lowest BCUT2D eigenvalue weighted by Crippen LogP contribution is -2.13. The SMILES string of the molecule is O=C(Nc1nnc(-c2ccco2)o1)c1cc(-c2ccccc2)nc2ccc(-c3ccccc3)cc12. The average Bonchev–Trinajstić information content (AvgIpc) is 3.61. The van der Waals surface area contributed by atoms with Crippen LogP contribution in [0.15, 0.2) is 112 Å². The third kappa shape index (κ3) is 4.06. The highest BCUT2D eigenvalue weighted by molar-refractivity contribution is 6.13. The normalized spacial score (nSPS) is 11.0. The van der Waals surface area contributed by atoms with E-state index in [1.54, 1.807) is 18.2 Å². The number of nitrogens with zero attached hydrogens (tertiary/aromatic N) is 3. The van der Waals surface area contributed by atoms with Crippen molar-refractivity contribution in [3.63, 3.8) is 0 Å². The number of nitrogens with one attached hydrogen (secondary N) is 1. The van der Waals surface area contributed by atoms with Crippen molar-refractivity contribution >= 4 is 22.8 Å². The second kappa shape index (κ2) is 8.72. The molecule has 3 aromatic carbocycles. The summed E-state index contributed by atoms with van der Waals surface area (Å²) in [7, 11) is 0. The Morgan fingerprint density at radius 2 is 1.51 bits per heavy atom. The summed E-state index contributed by atoms with van der Waals surface area (Å²) in [5.41, 5.74) is 4.79. The van der Waals surface area contributed by atoms with Crippen LogP contribution in [-0.2, 0) is 0 Å². The number of pyridine rings is 1. The molecule has 0 bridgehead atoms. The minimum absolute atomic E-state index is 0.0214. The van der Waals surface area contributed by atoms with E-state index >= 15 is 0 Å². The van der Waals surface area contributed by atoms with Crippen molar-refractivity contribution in [1.29, 1.82) is 0 Å². The lowest BCUT2D eigenvalue weighted by Gasteiger charge is -2.11. The van der Waals surface area contributed by atoms with Gasteiger partial charge >= 0.3 is 6.01 Å². The van der Waals surface area contributed by atoms with Crippen LogP contribution in [0.1, 0.15) is 10.4 Å². The maximum atomic E-state index is 13.5. The van der Waals surface area contributed by atoms with Crippen molar-refractivity contribution in [2.75, 3.05) is 5.32 Å². The first-order valence-electron chi connectivity index (χ1n) is 11.0. The molecule has 0 unspecified atom stereocenters. The quantitative estimate of drug-likeness (QED) is 0.318. The van der Waals surface area contributed by atoms with Crippen molar-refractivity contribution in [1.82, 2.24) is 15.2 Å². The minimum Gasteiger partial charge on any atom is -0.459 e. The molecule has 0 atom stereocenters. The zero-order valence-corrected chi connectivity index (χ0v) is 18.4. The van der Waals surface area contributed by atoms with Gasteiger partial charge in [-0.15, -0.1) is 5.10 Å². The van der Waals surface area contributed by atoms with Gasteiger partial charge in [0, 0.05) is 10.9 Å². The van der Waals surface area contributed by atoms with Crippen molar-refractivity contribution in [3.8, 4) is 34.0 Å². The maximum absolute atomic E-state index is 13.5. The van der Waals surface area contributed by atoms with Crippen LogP contribution in [0.3, 0.4) is 0 Å². The molecule has 0 saturated heterocycles. The van der Waals surface area contributed by atoms with Gasteiger partial charge in [-0.05, 0) is 41.5 Å². The van der Waals surface area contributed by atoms with E-state index in [0.29, 0.717) is 27.9 Å². The number of benzene rings is 3. The summed E-state index contributed by atoms with van der Waals surface area (Å²) >= 11 is 0. The highest BCUT2D eigenvalue weighted by atomic mass is 16.4. The lowest BCUT2D eigenvalue weighted by atomic mass is 9.99. The Kier molecular flexibility index (Phi) is 5.12. The summed E-state index contributed by atoms with van der Waals surface area (Å²) in [5, 5.41) is 11.3. The number of hydrogen-bond acceptors (Lipinski definition) is 6. The van der Waals surface area contributed by atoms with Crippen LogP contribution < -0.4 is 5.32 Å². The van der Waals surface area contributed by atoms with Gasteiger partial charge in [-0.3, -0.25) is 10.1 Å². The van der Waals surface area contributed by atoms with Gasteiger partial charge in [-0.2, -0.15) is 0 Å².